The highest BCUT2D eigenvalue weighted by molar-refractivity contribution is 5.95. The number of aromatic amines is 1. The molecule has 2 aliphatic heterocycles. The molecule has 3 aromatic rings. The van der Waals surface area contributed by atoms with E-state index in [0.717, 1.165) is 18.4 Å². The summed E-state index contributed by atoms with van der Waals surface area (Å²) in [5, 5.41) is 0. The zero-order chi connectivity index (χ0) is 22.9. The minimum Gasteiger partial charge on any atom is -0.334 e. The number of likely N-dealkylation sites (tertiary alicyclic amines) is 1. The molecule has 1 atom stereocenters. The van der Waals surface area contributed by atoms with Crippen LogP contribution in [0.15, 0.2) is 47.8 Å². The van der Waals surface area contributed by atoms with Gasteiger partial charge in [0.2, 0.25) is 0 Å². The fourth-order valence-electron chi connectivity index (χ4n) is 4.61. The highest BCUT2D eigenvalue weighted by Crippen LogP contribution is 2.31. The van der Waals surface area contributed by atoms with E-state index >= 15 is 0 Å². The number of pyridine rings is 2. The smallest absolute Gasteiger partial charge is 0.256 e. The van der Waals surface area contributed by atoms with Crippen molar-refractivity contribution in [3.8, 4) is 0 Å². The van der Waals surface area contributed by atoms with Gasteiger partial charge in [0, 0.05) is 55.4 Å². The van der Waals surface area contributed by atoms with E-state index in [1.807, 2.05) is 6.92 Å². The van der Waals surface area contributed by atoms with Crippen LogP contribution in [0.3, 0.4) is 0 Å². The normalized spacial score (nSPS) is 17.7. The molecule has 168 valence electrons. The van der Waals surface area contributed by atoms with E-state index < -0.39 is 0 Å². The Morgan fingerprint density at radius 1 is 1.06 bits per heavy atom. The Bertz CT molecular complexity index is 1270. The second-order valence-corrected chi connectivity index (χ2v) is 8.44. The molecule has 1 saturated heterocycles. The molecule has 5 rings (SSSR count). The number of nitrogens with one attached hydrogen (secondary N) is 1. The van der Waals surface area contributed by atoms with Gasteiger partial charge in [-0.25, -0.2) is 4.98 Å². The second kappa shape index (κ2) is 8.57. The van der Waals surface area contributed by atoms with Gasteiger partial charge in [0.25, 0.3) is 17.4 Å². The van der Waals surface area contributed by atoms with Crippen molar-refractivity contribution in [1.82, 2.24) is 29.7 Å². The van der Waals surface area contributed by atoms with Gasteiger partial charge in [0.05, 0.1) is 23.8 Å². The lowest BCUT2D eigenvalue weighted by atomic mass is 10.0. The molecule has 0 radical (unpaired) electrons. The highest BCUT2D eigenvalue weighted by Gasteiger charge is 2.34. The molecule has 0 aliphatic carbocycles. The Morgan fingerprint density at radius 3 is 2.64 bits per heavy atom. The van der Waals surface area contributed by atoms with Gasteiger partial charge in [-0.05, 0) is 43.5 Å². The Labute approximate surface area is 190 Å². The third-order valence-electron chi connectivity index (χ3n) is 6.38. The molecule has 33 heavy (non-hydrogen) atoms. The van der Waals surface area contributed by atoms with Gasteiger partial charge in [0.1, 0.15) is 5.82 Å². The second-order valence-electron chi connectivity index (χ2n) is 8.44. The van der Waals surface area contributed by atoms with Crippen molar-refractivity contribution >= 4 is 11.8 Å². The minimum absolute atomic E-state index is 0.0928. The number of aromatic nitrogens is 4. The van der Waals surface area contributed by atoms with Crippen molar-refractivity contribution in [3.05, 3.63) is 87.1 Å². The number of H-pyrrole nitrogens is 1. The van der Waals surface area contributed by atoms with Crippen LogP contribution in [-0.4, -0.2) is 54.6 Å². The molecule has 1 N–H and O–H groups in total. The van der Waals surface area contributed by atoms with Crippen molar-refractivity contribution < 1.29 is 9.59 Å². The van der Waals surface area contributed by atoms with Crippen molar-refractivity contribution in [3.63, 3.8) is 0 Å². The molecule has 2 amide bonds. The molecule has 9 nitrogen and oxygen atoms in total. The zero-order valence-electron chi connectivity index (χ0n) is 18.3. The Morgan fingerprint density at radius 2 is 1.85 bits per heavy atom. The molecular weight excluding hydrogens is 420 g/mol. The van der Waals surface area contributed by atoms with E-state index in [1.54, 1.807) is 52.8 Å². The van der Waals surface area contributed by atoms with Crippen LogP contribution in [0.2, 0.25) is 0 Å². The SMILES string of the molecule is Cc1cnccc1C(=O)N1CCc2nc([C@@H]3CCCN3C(=O)c3ccncc3)[nH]c(=O)c2C1. The number of amides is 2. The molecular formula is C24H24N6O3. The standard InChI is InChI=1S/C24H24N6O3/c1-15-13-26-10-6-17(15)24(33)29-12-7-19-18(14-29)22(31)28-21(27-19)20-3-2-11-30(20)23(32)16-4-8-25-9-5-16/h4-6,8-10,13,20H,2-3,7,11-12,14H2,1H3,(H,27,28,31)/t20-/m0/s1. The summed E-state index contributed by atoms with van der Waals surface area (Å²) in [5.41, 5.74) is 2.92. The van der Waals surface area contributed by atoms with Crippen LogP contribution in [0, 0.1) is 6.92 Å². The maximum atomic E-state index is 13.0. The number of carbonyl (C=O) groups excluding carboxylic acids is 2. The average Bonchev–Trinajstić information content (AvgIpc) is 3.34. The molecule has 0 spiro atoms. The Kier molecular flexibility index (Phi) is 5.45. The Balaban J connectivity index is 1.39. The van der Waals surface area contributed by atoms with Crippen molar-refractivity contribution in [2.45, 2.75) is 38.8 Å². The van der Waals surface area contributed by atoms with Gasteiger partial charge in [0.15, 0.2) is 0 Å². The average molecular weight is 444 g/mol. The lowest BCUT2D eigenvalue weighted by Crippen LogP contribution is -2.41. The summed E-state index contributed by atoms with van der Waals surface area (Å²) < 4.78 is 0. The van der Waals surface area contributed by atoms with Crippen LogP contribution >= 0.6 is 0 Å². The number of carbonyl (C=O) groups is 2. The molecule has 0 unspecified atom stereocenters. The van der Waals surface area contributed by atoms with Crippen molar-refractivity contribution in [2.24, 2.45) is 0 Å². The number of fused-ring (bicyclic) bond motifs is 1. The van der Waals surface area contributed by atoms with E-state index in [1.165, 1.54) is 0 Å². The van der Waals surface area contributed by atoms with E-state index in [2.05, 4.69) is 15.0 Å². The minimum atomic E-state index is -0.275. The van der Waals surface area contributed by atoms with Crippen LogP contribution in [-0.2, 0) is 13.0 Å². The van der Waals surface area contributed by atoms with Gasteiger partial charge in [-0.1, -0.05) is 0 Å². The van der Waals surface area contributed by atoms with Gasteiger partial charge in [-0.2, -0.15) is 0 Å². The Hall–Kier alpha value is -3.88. The monoisotopic (exact) mass is 444 g/mol. The van der Waals surface area contributed by atoms with E-state index in [-0.39, 0.29) is 30.0 Å². The van der Waals surface area contributed by atoms with E-state index in [9.17, 15) is 14.4 Å². The molecule has 2 aliphatic rings. The van der Waals surface area contributed by atoms with Crippen molar-refractivity contribution in [1.29, 1.82) is 0 Å². The van der Waals surface area contributed by atoms with Crippen LogP contribution in [0.5, 0.6) is 0 Å². The van der Waals surface area contributed by atoms with Gasteiger partial charge in [-0.3, -0.25) is 24.4 Å². The number of nitrogens with zero attached hydrogens (tertiary/aromatic N) is 5. The number of aryl methyl sites for hydroxylation is 1. The van der Waals surface area contributed by atoms with Crippen LogP contribution < -0.4 is 5.56 Å². The van der Waals surface area contributed by atoms with Crippen LogP contribution in [0.4, 0.5) is 0 Å². The van der Waals surface area contributed by atoms with Gasteiger partial charge < -0.3 is 14.8 Å². The summed E-state index contributed by atoms with van der Waals surface area (Å²) in [7, 11) is 0. The maximum Gasteiger partial charge on any atom is 0.256 e. The summed E-state index contributed by atoms with van der Waals surface area (Å²) in [6.45, 7) is 3.15. The first-order valence-electron chi connectivity index (χ1n) is 11.1. The topological polar surface area (TPSA) is 112 Å². The fourth-order valence-corrected chi connectivity index (χ4v) is 4.61. The highest BCUT2D eigenvalue weighted by atomic mass is 16.2. The molecule has 5 heterocycles. The predicted octanol–water partition coefficient (Wildman–Crippen LogP) is 2.04. The lowest BCUT2D eigenvalue weighted by molar-refractivity contribution is 0.0716. The van der Waals surface area contributed by atoms with Gasteiger partial charge in [-0.15, -0.1) is 0 Å². The third kappa shape index (κ3) is 3.90. The summed E-state index contributed by atoms with van der Waals surface area (Å²) in [6.07, 6.45) is 8.52. The number of hydrogen-bond acceptors (Lipinski definition) is 6. The first kappa shape index (κ1) is 21.0. The zero-order valence-corrected chi connectivity index (χ0v) is 18.3. The lowest BCUT2D eigenvalue weighted by Gasteiger charge is -2.29. The van der Waals surface area contributed by atoms with E-state index in [0.29, 0.717) is 47.7 Å². The summed E-state index contributed by atoms with van der Waals surface area (Å²) in [6, 6.07) is 4.81. The molecule has 3 aromatic heterocycles. The number of rotatable bonds is 3. The molecule has 0 bridgehead atoms. The molecule has 0 saturated carbocycles. The molecule has 0 aromatic carbocycles. The predicted molar refractivity (Wildman–Crippen MR) is 120 cm³/mol. The third-order valence-corrected chi connectivity index (χ3v) is 6.38. The maximum absolute atomic E-state index is 13.0. The van der Waals surface area contributed by atoms with E-state index in [4.69, 9.17) is 4.98 Å². The number of hydrogen-bond donors (Lipinski definition) is 1. The summed E-state index contributed by atoms with van der Waals surface area (Å²) in [5.74, 6) is 0.308. The first-order valence-corrected chi connectivity index (χ1v) is 11.1. The van der Waals surface area contributed by atoms with Gasteiger partial charge >= 0.3 is 0 Å². The summed E-state index contributed by atoms with van der Waals surface area (Å²) >= 11 is 0. The van der Waals surface area contributed by atoms with Crippen LogP contribution in [0.25, 0.3) is 0 Å². The molecule has 1 fully saturated rings. The van der Waals surface area contributed by atoms with Crippen LogP contribution in [0.1, 0.15) is 62.2 Å². The van der Waals surface area contributed by atoms with Crippen molar-refractivity contribution in [2.75, 3.05) is 13.1 Å². The largest absolute Gasteiger partial charge is 0.334 e. The first-order chi connectivity index (χ1) is 16.0. The molecule has 9 heteroatoms. The summed E-state index contributed by atoms with van der Waals surface area (Å²) in [4.78, 5) is 58.1. The quantitative estimate of drug-likeness (QED) is 0.662. The fraction of sp³-hybridized carbons (Fsp3) is 0.333.